The first-order chi connectivity index (χ1) is 10.1. The van der Waals surface area contributed by atoms with E-state index >= 15 is 0 Å². The molecule has 6 heteroatoms. The molecule has 0 spiro atoms. The topological polar surface area (TPSA) is 104 Å². The van der Waals surface area contributed by atoms with E-state index in [0.29, 0.717) is 25.9 Å². The predicted octanol–water partition coefficient (Wildman–Crippen LogP) is -0.483. The average molecular weight is 291 g/mol. The van der Waals surface area contributed by atoms with Gasteiger partial charge in [0.15, 0.2) is 0 Å². The van der Waals surface area contributed by atoms with Gasteiger partial charge in [-0.25, -0.2) is 0 Å². The minimum absolute atomic E-state index is 0.0534. The van der Waals surface area contributed by atoms with E-state index in [-0.39, 0.29) is 11.8 Å². The van der Waals surface area contributed by atoms with E-state index < -0.39 is 18.1 Å². The summed E-state index contributed by atoms with van der Waals surface area (Å²) in [5, 5.41) is 15.3. The monoisotopic (exact) mass is 291 g/mol. The van der Waals surface area contributed by atoms with Crippen LogP contribution in [0.2, 0.25) is 0 Å². The summed E-state index contributed by atoms with van der Waals surface area (Å²) in [4.78, 5) is 23.3. The normalized spacial score (nSPS) is 20.7. The molecule has 2 rings (SSSR count). The number of benzene rings is 1. The van der Waals surface area contributed by atoms with E-state index in [0.717, 1.165) is 5.56 Å². The maximum atomic E-state index is 11.9. The van der Waals surface area contributed by atoms with E-state index in [2.05, 4.69) is 10.6 Å². The van der Waals surface area contributed by atoms with Gasteiger partial charge >= 0.3 is 0 Å². The molecule has 1 saturated heterocycles. The van der Waals surface area contributed by atoms with Crippen molar-refractivity contribution in [3.63, 3.8) is 0 Å². The average Bonchev–Trinajstić information content (AvgIpc) is 2.90. The van der Waals surface area contributed by atoms with Crippen LogP contribution in [0.5, 0.6) is 0 Å². The van der Waals surface area contributed by atoms with Gasteiger partial charge in [0.25, 0.3) is 5.91 Å². The summed E-state index contributed by atoms with van der Waals surface area (Å²) in [5.74, 6) is -0.774. The fourth-order valence-electron chi connectivity index (χ4n) is 2.41. The minimum Gasteiger partial charge on any atom is -0.382 e. The molecule has 114 valence electrons. The molecule has 6 nitrogen and oxygen atoms in total. The zero-order chi connectivity index (χ0) is 15.2. The van der Waals surface area contributed by atoms with Crippen LogP contribution in [0.1, 0.15) is 18.4 Å². The second-order valence-corrected chi connectivity index (χ2v) is 5.32. The minimum atomic E-state index is -1.30. The highest BCUT2D eigenvalue weighted by atomic mass is 16.3. The molecule has 1 aromatic carbocycles. The Morgan fingerprint density at radius 2 is 2.14 bits per heavy atom. The molecule has 0 aliphatic carbocycles. The Balaban J connectivity index is 1.79. The second-order valence-electron chi connectivity index (χ2n) is 5.32. The Morgan fingerprint density at radius 1 is 1.43 bits per heavy atom. The van der Waals surface area contributed by atoms with Crippen LogP contribution in [0.25, 0.3) is 0 Å². The number of amides is 2. The van der Waals surface area contributed by atoms with Crippen LogP contribution >= 0.6 is 0 Å². The first-order valence-corrected chi connectivity index (χ1v) is 7.11. The smallest absolute Gasteiger partial charge is 0.250 e. The molecule has 1 heterocycles. The Morgan fingerprint density at radius 3 is 2.76 bits per heavy atom. The lowest BCUT2D eigenvalue weighted by Crippen LogP contribution is -2.47. The molecule has 21 heavy (non-hydrogen) atoms. The van der Waals surface area contributed by atoms with Crippen LogP contribution in [0.15, 0.2) is 30.3 Å². The quantitative estimate of drug-likeness (QED) is 0.568. The van der Waals surface area contributed by atoms with E-state index in [1.54, 1.807) is 0 Å². The molecule has 0 radical (unpaired) electrons. The van der Waals surface area contributed by atoms with Crippen molar-refractivity contribution in [2.75, 3.05) is 6.54 Å². The summed E-state index contributed by atoms with van der Waals surface area (Å²) in [6.45, 7) is 0.972. The van der Waals surface area contributed by atoms with Crippen molar-refractivity contribution in [2.24, 2.45) is 11.7 Å². The maximum absolute atomic E-state index is 11.9. The summed E-state index contributed by atoms with van der Waals surface area (Å²) in [6.07, 6.45) is -0.293. The summed E-state index contributed by atoms with van der Waals surface area (Å²) >= 11 is 0. The Kier molecular flexibility index (Phi) is 5.30. The van der Waals surface area contributed by atoms with Crippen molar-refractivity contribution < 1.29 is 14.7 Å². The van der Waals surface area contributed by atoms with Crippen LogP contribution in [0.4, 0.5) is 0 Å². The number of rotatable bonds is 6. The van der Waals surface area contributed by atoms with Gasteiger partial charge in [0, 0.05) is 25.0 Å². The molecule has 5 N–H and O–H groups in total. The van der Waals surface area contributed by atoms with E-state index in [4.69, 9.17) is 5.73 Å². The highest BCUT2D eigenvalue weighted by Crippen LogP contribution is 2.16. The van der Waals surface area contributed by atoms with Crippen molar-refractivity contribution in [1.82, 2.24) is 10.6 Å². The van der Waals surface area contributed by atoms with Gasteiger partial charge in [-0.05, 0) is 18.4 Å². The molecule has 2 amide bonds. The number of aliphatic hydroxyl groups excluding tert-OH is 1. The standard InChI is InChI=1S/C15H21N3O3/c16-12(8-11-6-7-17-14(11)20)13(19)15(21)18-9-10-4-2-1-3-5-10/h1-5,11-13,19H,6-9,16H2,(H,17,20)(H,18,21)/t11-,12?,13?/m0/s1. The molecule has 1 fully saturated rings. The Labute approximate surface area is 123 Å². The second kappa shape index (κ2) is 7.19. The van der Waals surface area contributed by atoms with Gasteiger partial charge in [-0.3, -0.25) is 9.59 Å². The fraction of sp³-hybridized carbons (Fsp3) is 0.467. The number of nitrogens with two attached hydrogens (primary N) is 1. The molecular formula is C15H21N3O3. The van der Waals surface area contributed by atoms with Gasteiger partial charge in [0.05, 0.1) is 0 Å². The van der Waals surface area contributed by atoms with Gasteiger partial charge < -0.3 is 21.5 Å². The van der Waals surface area contributed by atoms with Gasteiger partial charge in [-0.15, -0.1) is 0 Å². The largest absolute Gasteiger partial charge is 0.382 e. The van der Waals surface area contributed by atoms with E-state index in [1.165, 1.54) is 0 Å². The van der Waals surface area contributed by atoms with Gasteiger partial charge in [0.2, 0.25) is 5.91 Å². The lowest BCUT2D eigenvalue weighted by molar-refractivity contribution is -0.131. The SMILES string of the molecule is NC(C[C@@H]1CCNC1=O)C(O)C(=O)NCc1ccccc1. The Bertz CT molecular complexity index is 492. The maximum Gasteiger partial charge on any atom is 0.250 e. The van der Waals surface area contributed by atoms with Crippen molar-refractivity contribution in [2.45, 2.75) is 31.5 Å². The van der Waals surface area contributed by atoms with Gasteiger partial charge in [0.1, 0.15) is 6.10 Å². The molecule has 0 bridgehead atoms. The molecule has 0 aromatic heterocycles. The highest BCUT2D eigenvalue weighted by molar-refractivity contribution is 5.82. The molecule has 1 aliphatic rings. The summed E-state index contributed by atoms with van der Waals surface area (Å²) in [5.41, 5.74) is 6.78. The molecule has 1 aromatic rings. The number of hydrogen-bond acceptors (Lipinski definition) is 4. The third kappa shape index (κ3) is 4.27. The van der Waals surface area contributed by atoms with Crippen LogP contribution in [0, 0.1) is 5.92 Å². The van der Waals surface area contributed by atoms with E-state index in [1.807, 2.05) is 30.3 Å². The van der Waals surface area contributed by atoms with Gasteiger partial charge in [-0.2, -0.15) is 0 Å². The molecule has 0 saturated carbocycles. The molecule has 1 aliphatic heterocycles. The number of nitrogens with one attached hydrogen (secondary N) is 2. The number of aliphatic hydroxyl groups is 1. The summed E-state index contributed by atoms with van der Waals surface area (Å²) < 4.78 is 0. The van der Waals surface area contributed by atoms with Crippen LogP contribution in [-0.4, -0.2) is 35.6 Å². The van der Waals surface area contributed by atoms with Crippen molar-refractivity contribution in [1.29, 1.82) is 0 Å². The third-order valence-electron chi connectivity index (χ3n) is 3.70. The van der Waals surface area contributed by atoms with Crippen LogP contribution < -0.4 is 16.4 Å². The molecule has 2 unspecified atom stereocenters. The number of hydrogen-bond donors (Lipinski definition) is 4. The summed E-state index contributed by atoms with van der Waals surface area (Å²) in [7, 11) is 0. The zero-order valence-electron chi connectivity index (χ0n) is 11.8. The third-order valence-corrected chi connectivity index (χ3v) is 3.70. The number of carbonyl (C=O) groups is 2. The van der Waals surface area contributed by atoms with Crippen molar-refractivity contribution in [3.8, 4) is 0 Å². The van der Waals surface area contributed by atoms with Crippen LogP contribution in [0.3, 0.4) is 0 Å². The summed E-state index contributed by atoms with van der Waals surface area (Å²) in [6, 6.07) is 8.67. The van der Waals surface area contributed by atoms with Crippen LogP contribution in [-0.2, 0) is 16.1 Å². The predicted molar refractivity (Wildman–Crippen MR) is 78.0 cm³/mol. The molecule has 3 atom stereocenters. The fourth-order valence-corrected chi connectivity index (χ4v) is 2.41. The van der Waals surface area contributed by atoms with Crippen molar-refractivity contribution in [3.05, 3.63) is 35.9 Å². The highest BCUT2D eigenvalue weighted by Gasteiger charge is 2.31. The van der Waals surface area contributed by atoms with Gasteiger partial charge in [-0.1, -0.05) is 30.3 Å². The lowest BCUT2D eigenvalue weighted by Gasteiger charge is -2.20. The first kappa shape index (κ1) is 15.5. The Hall–Kier alpha value is -1.92. The van der Waals surface area contributed by atoms with E-state index in [9.17, 15) is 14.7 Å². The number of carbonyl (C=O) groups excluding carboxylic acids is 2. The molecular weight excluding hydrogens is 270 g/mol. The first-order valence-electron chi connectivity index (χ1n) is 7.11. The van der Waals surface area contributed by atoms with Crippen molar-refractivity contribution >= 4 is 11.8 Å². The zero-order valence-corrected chi connectivity index (χ0v) is 11.8. The lowest BCUT2D eigenvalue weighted by atomic mass is 9.95.